The molecule has 7 heteroatoms. The molecule has 2 aromatic rings. The molecule has 1 aliphatic carbocycles. The number of thioether (sulfide) groups is 1. The summed E-state index contributed by atoms with van der Waals surface area (Å²) < 4.78 is 44.1. The largest absolute Gasteiger partial charge is 0.511 e. The van der Waals surface area contributed by atoms with Crippen LogP contribution in [0.25, 0.3) is 5.57 Å². The molecule has 0 aromatic heterocycles. The number of carbonyl (C=O) groups is 1. The second-order valence-corrected chi connectivity index (χ2v) is 9.92. The van der Waals surface area contributed by atoms with Gasteiger partial charge in [0.05, 0.1) is 5.56 Å². The van der Waals surface area contributed by atoms with Gasteiger partial charge in [-0.15, -0.1) is 11.8 Å². The summed E-state index contributed by atoms with van der Waals surface area (Å²) in [6.07, 6.45) is -2.84. The minimum Gasteiger partial charge on any atom is -0.511 e. The van der Waals surface area contributed by atoms with Crippen molar-refractivity contribution in [2.75, 3.05) is 5.75 Å². The van der Waals surface area contributed by atoms with Gasteiger partial charge in [-0.1, -0.05) is 17.7 Å². The number of benzene rings is 2. The van der Waals surface area contributed by atoms with Gasteiger partial charge in [0.1, 0.15) is 17.4 Å². The quantitative estimate of drug-likeness (QED) is 0.393. The minimum absolute atomic E-state index is 0.0482. The maximum Gasteiger partial charge on any atom is 0.416 e. The fourth-order valence-corrected chi connectivity index (χ4v) is 5.73. The second-order valence-electron chi connectivity index (χ2n) is 8.87. The normalized spacial score (nSPS) is 20.3. The minimum atomic E-state index is -4.35. The van der Waals surface area contributed by atoms with Gasteiger partial charge in [0.2, 0.25) is 0 Å². The monoisotopic (exact) mass is 462 g/mol. The molecule has 0 radical (unpaired) electrons. The molecule has 32 heavy (non-hydrogen) atoms. The van der Waals surface area contributed by atoms with Gasteiger partial charge in [0.25, 0.3) is 0 Å². The Balaban J connectivity index is 1.49. The second kappa shape index (κ2) is 8.18. The molecular weight excluding hydrogens is 437 g/mol. The van der Waals surface area contributed by atoms with Crippen molar-refractivity contribution in [2.45, 2.75) is 57.2 Å². The summed E-state index contributed by atoms with van der Waals surface area (Å²) >= 11 is 1.45. The highest BCUT2D eigenvalue weighted by Gasteiger charge is 2.53. The molecule has 1 N–H and O–H groups in total. The van der Waals surface area contributed by atoms with Crippen LogP contribution in [0.2, 0.25) is 0 Å². The van der Waals surface area contributed by atoms with E-state index in [1.54, 1.807) is 0 Å². The highest BCUT2D eigenvalue weighted by atomic mass is 32.2. The number of aliphatic hydroxyl groups is 1. The van der Waals surface area contributed by atoms with E-state index >= 15 is 0 Å². The van der Waals surface area contributed by atoms with Crippen LogP contribution in [-0.2, 0) is 15.7 Å². The molecule has 2 aliphatic rings. The van der Waals surface area contributed by atoms with Gasteiger partial charge in [0, 0.05) is 22.5 Å². The Labute approximate surface area is 189 Å². The fraction of sp³-hybridized carbons (Fsp3) is 0.400. The number of hydrogen-bond donors (Lipinski definition) is 1. The number of halogens is 3. The molecule has 170 valence electrons. The highest BCUT2D eigenvalue weighted by Crippen LogP contribution is 2.55. The maximum atomic E-state index is 12.9. The zero-order valence-electron chi connectivity index (χ0n) is 18.2. The van der Waals surface area contributed by atoms with Crippen LogP contribution in [-0.4, -0.2) is 22.9 Å². The number of carbonyl (C=O) groups excluding carboxylic acids is 1. The van der Waals surface area contributed by atoms with Crippen molar-refractivity contribution in [3.8, 4) is 0 Å². The first-order valence-corrected chi connectivity index (χ1v) is 11.5. The maximum absolute atomic E-state index is 12.9. The summed E-state index contributed by atoms with van der Waals surface area (Å²) in [5.41, 5.74) is 2.94. The lowest BCUT2D eigenvalue weighted by Crippen LogP contribution is -2.35. The lowest BCUT2D eigenvalue weighted by Gasteiger charge is -2.31. The average Bonchev–Trinajstić information content (AvgIpc) is 3.48. The van der Waals surface area contributed by atoms with Crippen LogP contribution in [0.1, 0.15) is 47.1 Å². The van der Waals surface area contributed by atoms with Crippen molar-refractivity contribution >= 4 is 23.3 Å². The van der Waals surface area contributed by atoms with Gasteiger partial charge in [-0.2, -0.15) is 13.2 Å². The van der Waals surface area contributed by atoms with Crippen molar-refractivity contribution in [3.05, 3.63) is 70.0 Å². The van der Waals surface area contributed by atoms with Gasteiger partial charge in [-0.25, -0.2) is 4.79 Å². The number of aryl methyl sites for hydroxylation is 3. The van der Waals surface area contributed by atoms with E-state index < -0.39 is 23.8 Å². The molecule has 1 unspecified atom stereocenters. The molecule has 0 saturated heterocycles. The first-order valence-electron chi connectivity index (χ1n) is 10.5. The van der Waals surface area contributed by atoms with Crippen molar-refractivity contribution in [1.82, 2.24) is 0 Å². The van der Waals surface area contributed by atoms with Crippen molar-refractivity contribution in [3.63, 3.8) is 0 Å². The zero-order chi connectivity index (χ0) is 23.3. The van der Waals surface area contributed by atoms with E-state index in [2.05, 4.69) is 0 Å². The Hall–Kier alpha value is -2.41. The summed E-state index contributed by atoms with van der Waals surface area (Å²) in [5.74, 6) is 0.147. The summed E-state index contributed by atoms with van der Waals surface area (Å²) in [7, 11) is 0. The number of cyclic esters (lactones) is 1. The van der Waals surface area contributed by atoms with Crippen molar-refractivity contribution in [2.24, 2.45) is 5.41 Å². The standard InChI is InChI=1S/C25H25F3O3S/c1-14-10-15(2)21(16(3)11-14)22-19(29)12-20(31-23(22)30)24(8-9-24)13-32-18-6-4-17(5-7-18)25(26,27)28/h4-7,10-11,20,29H,8-9,12-13H2,1-3H3. The van der Waals surface area contributed by atoms with E-state index in [-0.39, 0.29) is 23.2 Å². The van der Waals surface area contributed by atoms with Crippen LogP contribution in [0.3, 0.4) is 0 Å². The van der Waals surface area contributed by atoms with Crippen LogP contribution in [0.15, 0.2) is 47.1 Å². The predicted octanol–water partition coefficient (Wildman–Crippen LogP) is 6.79. The van der Waals surface area contributed by atoms with Gasteiger partial charge in [0.15, 0.2) is 0 Å². The number of hydrogen-bond acceptors (Lipinski definition) is 4. The SMILES string of the molecule is Cc1cc(C)c(C2=C(O)CC(C3(CSc4ccc(C(F)(F)F)cc4)CC3)OC2=O)c(C)c1. The Morgan fingerprint density at radius 2 is 1.69 bits per heavy atom. The third-order valence-corrected chi connectivity index (χ3v) is 7.66. The Morgan fingerprint density at radius 3 is 2.19 bits per heavy atom. The smallest absolute Gasteiger partial charge is 0.416 e. The first-order chi connectivity index (χ1) is 15.0. The fourth-order valence-electron chi connectivity index (χ4n) is 4.47. The van der Waals surface area contributed by atoms with Crippen LogP contribution >= 0.6 is 11.8 Å². The van der Waals surface area contributed by atoms with E-state index in [4.69, 9.17) is 4.74 Å². The third-order valence-electron chi connectivity index (χ3n) is 6.33. The molecular formula is C25H25F3O3S. The molecule has 1 saturated carbocycles. The van der Waals surface area contributed by atoms with E-state index in [0.717, 1.165) is 52.1 Å². The van der Waals surface area contributed by atoms with Gasteiger partial charge >= 0.3 is 12.1 Å². The van der Waals surface area contributed by atoms with E-state index in [9.17, 15) is 23.1 Å². The van der Waals surface area contributed by atoms with E-state index in [1.165, 1.54) is 23.9 Å². The summed E-state index contributed by atoms with van der Waals surface area (Å²) in [6, 6.07) is 9.05. The van der Waals surface area contributed by atoms with E-state index in [0.29, 0.717) is 5.75 Å². The Bertz CT molecular complexity index is 1060. The van der Waals surface area contributed by atoms with Crippen molar-refractivity contribution in [1.29, 1.82) is 0 Å². The van der Waals surface area contributed by atoms with Crippen LogP contribution in [0, 0.1) is 26.2 Å². The van der Waals surface area contributed by atoms with E-state index in [1.807, 2.05) is 32.9 Å². The molecule has 3 nitrogen and oxygen atoms in total. The lowest BCUT2D eigenvalue weighted by atomic mass is 9.88. The number of ether oxygens (including phenoxy) is 1. The summed E-state index contributed by atoms with van der Waals surface area (Å²) in [4.78, 5) is 13.7. The van der Waals surface area contributed by atoms with Gasteiger partial charge < -0.3 is 9.84 Å². The molecule has 0 spiro atoms. The number of esters is 1. The topological polar surface area (TPSA) is 46.5 Å². The number of aliphatic hydroxyl groups excluding tert-OH is 1. The van der Waals surface area contributed by atoms with Crippen LogP contribution in [0.5, 0.6) is 0 Å². The molecule has 1 aliphatic heterocycles. The lowest BCUT2D eigenvalue weighted by molar-refractivity contribution is -0.147. The van der Waals surface area contributed by atoms with Gasteiger partial charge in [-0.3, -0.25) is 0 Å². The highest BCUT2D eigenvalue weighted by molar-refractivity contribution is 7.99. The van der Waals surface area contributed by atoms with Gasteiger partial charge in [-0.05, 0) is 74.6 Å². The molecule has 0 amide bonds. The molecule has 0 bridgehead atoms. The molecule has 1 atom stereocenters. The molecule has 4 rings (SSSR count). The van der Waals surface area contributed by atoms with Crippen LogP contribution in [0.4, 0.5) is 13.2 Å². The summed E-state index contributed by atoms with van der Waals surface area (Å²) in [5, 5.41) is 10.8. The molecule has 1 fully saturated rings. The van der Waals surface area contributed by atoms with Crippen LogP contribution < -0.4 is 0 Å². The molecule has 1 heterocycles. The predicted molar refractivity (Wildman–Crippen MR) is 119 cm³/mol. The Kier molecular flexibility index (Phi) is 5.82. The Morgan fingerprint density at radius 1 is 1.09 bits per heavy atom. The summed E-state index contributed by atoms with van der Waals surface area (Å²) in [6.45, 7) is 5.81. The number of rotatable bonds is 5. The van der Waals surface area contributed by atoms with Crippen molar-refractivity contribution < 1.29 is 27.8 Å². The number of alkyl halides is 3. The third kappa shape index (κ3) is 4.40. The zero-order valence-corrected chi connectivity index (χ0v) is 19.0. The first kappa shape index (κ1) is 22.8. The molecule has 2 aromatic carbocycles. The average molecular weight is 463 g/mol.